The van der Waals surface area contributed by atoms with E-state index in [9.17, 15) is 14.7 Å². The highest BCUT2D eigenvalue weighted by molar-refractivity contribution is 5.84. The van der Waals surface area contributed by atoms with E-state index in [0.717, 1.165) is 0 Å². The highest BCUT2D eigenvalue weighted by Gasteiger charge is 2.03. The van der Waals surface area contributed by atoms with Crippen molar-refractivity contribution in [3.63, 3.8) is 0 Å². The molecule has 0 aliphatic heterocycles. The quantitative estimate of drug-likeness (QED) is 0.626. The summed E-state index contributed by atoms with van der Waals surface area (Å²) in [4.78, 5) is 21.8. The molecule has 1 rings (SSSR count). The number of ether oxygens (including phenoxy) is 1. The normalized spacial score (nSPS) is 10.4. The second kappa shape index (κ2) is 6.48. The summed E-state index contributed by atoms with van der Waals surface area (Å²) in [6.45, 7) is 2.07. The van der Waals surface area contributed by atoms with Crippen LogP contribution in [0.3, 0.4) is 0 Å². The maximum absolute atomic E-state index is 11.1. The third-order valence-electron chi connectivity index (χ3n) is 2.12. The zero-order valence-corrected chi connectivity index (χ0v) is 9.55. The number of hydrogen-bond acceptors (Lipinski definition) is 4. The summed E-state index contributed by atoms with van der Waals surface area (Å²) >= 11 is 0. The molecule has 0 radical (unpaired) electrons. The van der Waals surface area contributed by atoms with Gasteiger partial charge in [-0.1, -0.05) is 24.3 Å². The lowest BCUT2D eigenvalue weighted by atomic mass is 10.1. The molecule has 17 heavy (non-hydrogen) atoms. The third kappa shape index (κ3) is 3.75. The molecule has 0 amide bonds. The second-order valence-corrected chi connectivity index (χ2v) is 3.31. The summed E-state index contributed by atoms with van der Waals surface area (Å²) in [5, 5.41) is 9.56. The van der Waals surface area contributed by atoms with E-state index in [-0.39, 0.29) is 18.1 Å². The van der Waals surface area contributed by atoms with Gasteiger partial charge in [0.25, 0.3) is 0 Å². The lowest BCUT2D eigenvalue weighted by Crippen LogP contribution is -2.01. The molecular formula is C13H14O4. The van der Waals surface area contributed by atoms with Crippen LogP contribution in [-0.4, -0.2) is 24.0 Å². The SMILES string of the molecule is CCOC(=O)CC=Cc1c(O)cccc1C=O. The molecule has 0 saturated carbocycles. The van der Waals surface area contributed by atoms with Crippen molar-refractivity contribution in [3.8, 4) is 5.75 Å². The van der Waals surface area contributed by atoms with Crippen LogP contribution in [0, 0.1) is 0 Å². The smallest absolute Gasteiger partial charge is 0.309 e. The van der Waals surface area contributed by atoms with Crippen molar-refractivity contribution in [1.82, 2.24) is 0 Å². The van der Waals surface area contributed by atoms with Crippen LogP contribution in [0.4, 0.5) is 0 Å². The number of carbonyl (C=O) groups is 2. The third-order valence-corrected chi connectivity index (χ3v) is 2.12. The Balaban J connectivity index is 2.77. The minimum absolute atomic E-state index is 0.00899. The number of benzene rings is 1. The molecule has 0 heterocycles. The van der Waals surface area contributed by atoms with E-state index in [1.54, 1.807) is 25.1 Å². The van der Waals surface area contributed by atoms with Crippen molar-refractivity contribution >= 4 is 18.3 Å². The second-order valence-electron chi connectivity index (χ2n) is 3.31. The molecule has 0 aromatic heterocycles. The van der Waals surface area contributed by atoms with Gasteiger partial charge < -0.3 is 9.84 Å². The van der Waals surface area contributed by atoms with Gasteiger partial charge >= 0.3 is 5.97 Å². The van der Waals surface area contributed by atoms with Crippen molar-refractivity contribution in [2.75, 3.05) is 6.61 Å². The van der Waals surface area contributed by atoms with Crippen LogP contribution in [0.15, 0.2) is 24.3 Å². The Kier molecular flexibility index (Phi) is 4.94. The predicted molar refractivity (Wildman–Crippen MR) is 63.8 cm³/mol. The molecule has 4 heteroatoms. The molecule has 0 aliphatic carbocycles. The number of hydrogen-bond donors (Lipinski definition) is 1. The van der Waals surface area contributed by atoms with E-state index in [0.29, 0.717) is 24.0 Å². The minimum Gasteiger partial charge on any atom is -0.507 e. The van der Waals surface area contributed by atoms with E-state index >= 15 is 0 Å². The minimum atomic E-state index is -0.341. The van der Waals surface area contributed by atoms with Gasteiger partial charge in [-0.2, -0.15) is 0 Å². The Morgan fingerprint density at radius 2 is 2.24 bits per heavy atom. The molecular weight excluding hydrogens is 220 g/mol. The van der Waals surface area contributed by atoms with E-state index in [4.69, 9.17) is 4.74 Å². The molecule has 1 aromatic rings. The lowest BCUT2D eigenvalue weighted by Gasteiger charge is -2.02. The average molecular weight is 234 g/mol. The fourth-order valence-electron chi connectivity index (χ4n) is 1.35. The molecule has 90 valence electrons. The average Bonchev–Trinajstić information content (AvgIpc) is 2.31. The van der Waals surface area contributed by atoms with Gasteiger partial charge in [-0.15, -0.1) is 0 Å². The van der Waals surface area contributed by atoms with Gasteiger partial charge in [-0.05, 0) is 13.0 Å². The summed E-state index contributed by atoms with van der Waals surface area (Å²) in [6.07, 6.45) is 3.86. The van der Waals surface area contributed by atoms with Gasteiger partial charge in [0.2, 0.25) is 0 Å². The molecule has 0 aliphatic rings. The topological polar surface area (TPSA) is 63.6 Å². The van der Waals surface area contributed by atoms with Crippen LogP contribution < -0.4 is 0 Å². The number of phenolic OH excluding ortho intramolecular Hbond substituents is 1. The van der Waals surface area contributed by atoms with E-state index < -0.39 is 0 Å². The maximum atomic E-state index is 11.1. The van der Waals surface area contributed by atoms with Gasteiger partial charge in [0.1, 0.15) is 5.75 Å². The lowest BCUT2D eigenvalue weighted by molar-refractivity contribution is -0.142. The van der Waals surface area contributed by atoms with Crippen LogP contribution in [0.5, 0.6) is 5.75 Å². The van der Waals surface area contributed by atoms with Crippen LogP contribution in [0.2, 0.25) is 0 Å². The first-order valence-electron chi connectivity index (χ1n) is 5.28. The van der Waals surface area contributed by atoms with Gasteiger partial charge in [0.05, 0.1) is 13.0 Å². The number of rotatable bonds is 5. The highest BCUT2D eigenvalue weighted by Crippen LogP contribution is 2.21. The zero-order chi connectivity index (χ0) is 12.7. The molecule has 0 bridgehead atoms. The monoisotopic (exact) mass is 234 g/mol. The molecule has 0 unspecified atom stereocenters. The zero-order valence-electron chi connectivity index (χ0n) is 9.55. The molecule has 0 fully saturated rings. The predicted octanol–water partition coefficient (Wildman–Crippen LogP) is 2.17. The number of carbonyl (C=O) groups excluding carboxylic acids is 2. The largest absolute Gasteiger partial charge is 0.507 e. The van der Waals surface area contributed by atoms with Gasteiger partial charge in [0.15, 0.2) is 6.29 Å². The highest BCUT2D eigenvalue weighted by atomic mass is 16.5. The summed E-state index contributed by atoms with van der Waals surface area (Å²) < 4.78 is 4.74. The molecule has 1 N–H and O–H groups in total. The number of aromatic hydroxyl groups is 1. The Hall–Kier alpha value is -2.10. The van der Waals surface area contributed by atoms with Crippen LogP contribution in [0.1, 0.15) is 29.3 Å². The summed E-state index contributed by atoms with van der Waals surface area (Å²) in [5.74, 6) is -0.332. The van der Waals surface area contributed by atoms with Crippen LogP contribution >= 0.6 is 0 Å². The summed E-state index contributed by atoms with van der Waals surface area (Å²) in [5.41, 5.74) is 0.789. The van der Waals surface area contributed by atoms with Crippen molar-refractivity contribution in [2.45, 2.75) is 13.3 Å². The van der Waals surface area contributed by atoms with Gasteiger partial charge in [-0.25, -0.2) is 0 Å². The Bertz CT molecular complexity index is 435. The molecule has 0 spiro atoms. The van der Waals surface area contributed by atoms with E-state index in [2.05, 4.69) is 0 Å². The van der Waals surface area contributed by atoms with Crippen LogP contribution in [-0.2, 0) is 9.53 Å². The number of esters is 1. The van der Waals surface area contributed by atoms with Crippen molar-refractivity contribution in [1.29, 1.82) is 0 Å². The van der Waals surface area contributed by atoms with Crippen molar-refractivity contribution in [2.24, 2.45) is 0 Å². The first kappa shape index (κ1) is 13.0. The molecule has 4 nitrogen and oxygen atoms in total. The number of phenols is 1. The first-order valence-corrected chi connectivity index (χ1v) is 5.28. The fraction of sp³-hybridized carbons (Fsp3) is 0.231. The van der Waals surface area contributed by atoms with Gasteiger partial charge in [-0.3, -0.25) is 9.59 Å². The molecule has 1 aromatic carbocycles. The van der Waals surface area contributed by atoms with Crippen molar-refractivity contribution in [3.05, 3.63) is 35.4 Å². The first-order chi connectivity index (χ1) is 8.19. The molecule has 0 atom stereocenters. The Labute approximate surface area is 99.5 Å². The number of aldehydes is 1. The van der Waals surface area contributed by atoms with Crippen molar-refractivity contribution < 1.29 is 19.4 Å². The van der Waals surface area contributed by atoms with E-state index in [1.165, 1.54) is 12.1 Å². The fourth-order valence-corrected chi connectivity index (χ4v) is 1.35. The van der Waals surface area contributed by atoms with E-state index in [1.807, 2.05) is 0 Å². The maximum Gasteiger partial charge on any atom is 0.309 e. The molecule has 0 saturated heterocycles. The Morgan fingerprint density at radius 1 is 1.47 bits per heavy atom. The summed E-state index contributed by atoms with van der Waals surface area (Å²) in [7, 11) is 0. The van der Waals surface area contributed by atoms with Gasteiger partial charge in [0, 0.05) is 11.1 Å². The standard InChI is InChI=1S/C13H14O4/c1-2-17-13(16)8-4-6-11-10(9-14)5-3-7-12(11)15/h3-7,9,15H,2,8H2,1H3. The summed E-state index contributed by atoms with van der Waals surface area (Å²) in [6, 6.07) is 4.66. The Morgan fingerprint density at radius 3 is 2.88 bits per heavy atom. The van der Waals surface area contributed by atoms with Crippen LogP contribution in [0.25, 0.3) is 6.08 Å².